The van der Waals surface area contributed by atoms with Crippen molar-refractivity contribution >= 4 is 15.9 Å². The summed E-state index contributed by atoms with van der Waals surface area (Å²) in [5.74, 6) is -0.526. The van der Waals surface area contributed by atoms with Gasteiger partial charge in [-0.15, -0.1) is 0 Å². The number of hydrogen-bond acceptors (Lipinski definition) is 4. The molecule has 1 atom stereocenters. The average molecular weight is 366 g/mol. The van der Waals surface area contributed by atoms with E-state index in [2.05, 4.69) is 9.71 Å². The first-order chi connectivity index (χ1) is 11.2. The van der Waals surface area contributed by atoms with Crippen molar-refractivity contribution in [3.05, 3.63) is 17.7 Å². The van der Waals surface area contributed by atoms with Crippen LogP contribution in [0.4, 0.5) is 13.2 Å². The van der Waals surface area contributed by atoms with Gasteiger partial charge in [0.1, 0.15) is 5.82 Å². The third kappa shape index (κ3) is 3.56. The maximum absolute atomic E-state index is 12.7. The lowest BCUT2D eigenvalue weighted by molar-refractivity contribution is -0.141. The largest absolute Gasteiger partial charge is 0.434 e. The molecule has 0 radical (unpaired) electrons. The lowest BCUT2D eigenvalue weighted by atomic mass is 9.98. The zero-order valence-corrected chi connectivity index (χ0v) is 13.5. The fourth-order valence-electron chi connectivity index (χ4n) is 3.01. The number of carbonyl (C=O) groups excluding carboxylic acids is 1. The van der Waals surface area contributed by atoms with E-state index in [1.165, 1.54) is 9.47 Å². The highest BCUT2D eigenvalue weighted by Crippen LogP contribution is 2.31. The molecule has 3 rings (SSSR count). The van der Waals surface area contributed by atoms with Crippen molar-refractivity contribution in [3.8, 4) is 0 Å². The van der Waals surface area contributed by atoms with Gasteiger partial charge in [0.15, 0.2) is 5.69 Å². The fraction of sp³-hybridized carbons (Fsp3) is 0.692. The summed E-state index contributed by atoms with van der Waals surface area (Å²) in [6, 6.07) is 0. The minimum absolute atomic E-state index is 0.0925. The van der Waals surface area contributed by atoms with Gasteiger partial charge in [-0.05, 0) is 6.42 Å². The lowest BCUT2D eigenvalue weighted by Gasteiger charge is -2.28. The Kier molecular flexibility index (Phi) is 4.32. The molecule has 2 aliphatic heterocycles. The van der Waals surface area contributed by atoms with E-state index in [4.69, 9.17) is 0 Å². The third-order valence-electron chi connectivity index (χ3n) is 4.28. The van der Waals surface area contributed by atoms with Crippen LogP contribution in [-0.4, -0.2) is 54.2 Å². The molecule has 0 spiro atoms. The quantitative estimate of drug-likeness (QED) is 0.771. The summed E-state index contributed by atoms with van der Waals surface area (Å²) in [7, 11) is -3.36. The van der Waals surface area contributed by atoms with Crippen molar-refractivity contribution < 1.29 is 26.4 Å². The van der Waals surface area contributed by atoms with Gasteiger partial charge in [0, 0.05) is 38.8 Å². The SMILES string of the molecule is O=C(C1CCc2nc(C(F)(F)F)cn2C1)N1CCNS(=O)(=O)CC1. The Morgan fingerprint density at radius 3 is 2.79 bits per heavy atom. The van der Waals surface area contributed by atoms with E-state index < -0.39 is 27.8 Å². The number of carbonyl (C=O) groups is 1. The number of alkyl halides is 3. The van der Waals surface area contributed by atoms with Crippen LogP contribution in [0.3, 0.4) is 0 Å². The molecule has 0 aromatic carbocycles. The van der Waals surface area contributed by atoms with Crippen LogP contribution in [0.15, 0.2) is 6.20 Å². The third-order valence-corrected chi connectivity index (χ3v) is 5.64. The number of hydrogen-bond donors (Lipinski definition) is 1. The number of nitrogens with one attached hydrogen (secondary N) is 1. The summed E-state index contributed by atoms with van der Waals surface area (Å²) in [6.07, 6.45) is -2.88. The molecule has 1 amide bonds. The lowest BCUT2D eigenvalue weighted by Crippen LogP contribution is -2.41. The first kappa shape index (κ1) is 17.2. The van der Waals surface area contributed by atoms with Gasteiger partial charge in [0.25, 0.3) is 0 Å². The summed E-state index contributed by atoms with van der Waals surface area (Å²) < 4.78 is 64.9. The molecule has 1 aromatic heterocycles. The Labute approximate surface area is 136 Å². The molecule has 1 N–H and O–H groups in total. The van der Waals surface area contributed by atoms with Crippen LogP contribution < -0.4 is 4.72 Å². The molecule has 11 heteroatoms. The number of aryl methyl sites for hydroxylation is 1. The molecule has 134 valence electrons. The van der Waals surface area contributed by atoms with Crippen LogP contribution in [0, 0.1) is 5.92 Å². The molecule has 1 unspecified atom stereocenters. The normalized spacial score (nSPS) is 24.3. The van der Waals surface area contributed by atoms with Crippen molar-refractivity contribution in [2.45, 2.75) is 25.6 Å². The fourth-order valence-corrected chi connectivity index (χ4v) is 4.02. The van der Waals surface area contributed by atoms with Gasteiger partial charge in [0.05, 0.1) is 11.7 Å². The predicted molar refractivity (Wildman–Crippen MR) is 77.4 cm³/mol. The Morgan fingerprint density at radius 2 is 2.08 bits per heavy atom. The van der Waals surface area contributed by atoms with Crippen molar-refractivity contribution in [2.75, 3.05) is 25.4 Å². The number of nitrogens with zero attached hydrogens (tertiary/aromatic N) is 3. The highest BCUT2D eigenvalue weighted by atomic mass is 32.2. The topological polar surface area (TPSA) is 84.3 Å². The second kappa shape index (κ2) is 6.03. The van der Waals surface area contributed by atoms with Crippen molar-refractivity contribution in [1.82, 2.24) is 19.2 Å². The van der Waals surface area contributed by atoms with Gasteiger partial charge in [-0.2, -0.15) is 13.2 Å². The average Bonchev–Trinajstić information content (AvgIpc) is 2.84. The number of fused-ring (bicyclic) bond motifs is 1. The first-order valence-electron chi connectivity index (χ1n) is 7.55. The molecule has 0 saturated carbocycles. The van der Waals surface area contributed by atoms with Crippen LogP contribution in [0.25, 0.3) is 0 Å². The summed E-state index contributed by atoms with van der Waals surface area (Å²) in [6.45, 7) is 0.637. The second-order valence-electron chi connectivity index (χ2n) is 5.97. The van der Waals surface area contributed by atoms with E-state index in [1.807, 2.05) is 0 Å². The molecule has 1 aromatic rings. The summed E-state index contributed by atoms with van der Waals surface area (Å²) in [5, 5.41) is 0. The van der Waals surface area contributed by atoms with Crippen LogP contribution >= 0.6 is 0 Å². The smallest absolute Gasteiger partial charge is 0.340 e. The number of imidazole rings is 1. The van der Waals surface area contributed by atoms with E-state index in [0.29, 0.717) is 12.2 Å². The van der Waals surface area contributed by atoms with E-state index in [1.54, 1.807) is 0 Å². The molecule has 24 heavy (non-hydrogen) atoms. The van der Waals surface area contributed by atoms with Crippen LogP contribution in [0.5, 0.6) is 0 Å². The summed E-state index contributed by atoms with van der Waals surface area (Å²) in [4.78, 5) is 17.6. The van der Waals surface area contributed by atoms with Crippen LogP contribution in [0.1, 0.15) is 17.9 Å². The molecule has 0 bridgehead atoms. The molecule has 0 aliphatic carbocycles. The Bertz CT molecular complexity index is 744. The minimum Gasteiger partial charge on any atom is -0.340 e. The Balaban J connectivity index is 1.71. The number of sulfonamides is 1. The van der Waals surface area contributed by atoms with Gasteiger partial charge in [-0.3, -0.25) is 4.79 Å². The van der Waals surface area contributed by atoms with Gasteiger partial charge >= 0.3 is 6.18 Å². The highest BCUT2D eigenvalue weighted by Gasteiger charge is 2.37. The summed E-state index contributed by atoms with van der Waals surface area (Å²) in [5.41, 5.74) is -0.948. The van der Waals surface area contributed by atoms with Crippen LogP contribution in [-0.2, 0) is 34.0 Å². The van der Waals surface area contributed by atoms with Crippen molar-refractivity contribution in [1.29, 1.82) is 0 Å². The Hall–Kier alpha value is -1.62. The monoisotopic (exact) mass is 366 g/mol. The van der Waals surface area contributed by atoms with Crippen LogP contribution in [0.2, 0.25) is 0 Å². The number of rotatable bonds is 1. The second-order valence-corrected chi connectivity index (χ2v) is 7.89. The Morgan fingerprint density at radius 1 is 1.33 bits per heavy atom. The minimum atomic E-state index is -4.51. The highest BCUT2D eigenvalue weighted by molar-refractivity contribution is 7.89. The molecule has 1 saturated heterocycles. The van der Waals surface area contributed by atoms with Gasteiger partial charge in [-0.1, -0.05) is 0 Å². The molecule has 7 nitrogen and oxygen atoms in total. The van der Waals surface area contributed by atoms with E-state index in [-0.39, 0.29) is 44.3 Å². The van der Waals surface area contributed by atoms with E-state index >= 15 is 0 Å². The van der Waals surface area contributed by atoms with Gasteiger partial charge < -0.3 is 9.47 Å². The summed E-state index contributed by atoms with van der Waals surface area (Å²) >= 11 is 0. The van der Waals surface area contributed by atoms with E-state index in [9.17, 15) is 26.4 Å². The van der Waals surface area contributed by atoms with E-state index in [0.717, 1.165) is 6.20 Å². The predicted octanol–water partition coefficient (Wildman–Crippen LogP) is 0.226. The maximum atomic E-state index is 12.7. The van der Waals surface area contributed by atoms with Gasteiger partial charge in [-0.25, -0.2) is 18.1 Å². The number of halogens is 3. The first-order valence-corrected chi connectivity index (χ1v) is 9.20. The molecule has 2 aliphatic rings. The molecule has 3 heterocycles. The molecular weight excluding hydrogens is 349 g/mol. The standard InChI is InChI=1S/C13H17F3N4O3S/c14-13(15,16)10-8-20-7-9(1-2-11(20)18-10)12(21)19-4-3-17-24(22,23)6-5-19/h8-9,17H,1-7H2. The van der Waals surface area contributed by atoms with Crippen molar-refractivity contribution in [2.24, 2.45) is 5.92 Å². The van der Waals surface area contributed by atoms with Gasteiger partial charge in [0.2, 0.25) is 15.9 Å². The molecular formula is C13H17F3N4O3S. The molecule has 1 fully saturated rings. The zero-order valence-electron chi connectivity index (χ0n) is 12.7. The maximum Gasteiger partial charge on any atom is 0.434 e. The number of aromatic nitrogens is 2. The zero-order chi connectivity index (χ0) is 17.5. The van der Waals surface area contributed by atoms with Crippen molar-refractivity contribution in [3.63, 3.8) is 0 Å². The number of amides is 1.